The molecule has 2 heterocycles. The minimum absolute atomic E-state index is 0.714. The highest BCUT2D eigenvalue weighted by Crippen LogP contribution is 2.29. The Labute approximate surface area is 147 Å². The number of carbonyl (C=O) groups is 2. The van der Waals surface area contributed by atoms with Crippen molar-refractivity contribution in [3.8, 4) is 0 Å². The van der Waals surface area contributed by atoms with E-state index < -0.39 is 11.9 Å². The van der Waals surface area contributed by atoms with E-state index in [1.807, 2.05) is 0 Å². The van der Waals surface area contributed by atoms with Crippen LogP contribution in [0.15, 0.2) is 11.1 Å². The van der Waals surface area contributed by atoms with Crippen molar-refractivity contribution < 1.29 is 19.8 Å². The van der Waals surface area contributed by atoms with Gasteiger partial charge in [-0.05, 0) is 25.5 Å². The zero-order chi connectivity index (χ0) is 17.2. The van der Waals surface area contributed by atoms with Crippen molar-refractivity contribution in [1.82, 2.24) is 13.6 Å². The lowest BCUT2D eigenvalue weighted by Gasteiger charge is -2.22. The van der Waals surface area contributed by atoms with Crippen LogP contribution in [-0.4, -0.2) is 67.6 Å². The van der Waals surface area contributed by atoms with Crippen molar-refractivity contribution in [2.75, 3.05) is 31.8 Å². The van der Waals surface area contributed by atoms with Crippen LogP contribution in [0.25, 0.3) is 5.57 Å². The molecule has 2 rings (SSSR count). The number of halogens is 1. The normalized spacial score (nSPS) is 14.6. The van der Waals surface area contributed by atoms with Gasteiger partial charge in [-0.25, -0.2) is 9.59 Å². The summed E-state index contributed by atoms with van der Waals surface area (Å²) in [5.74, 6) is -1.92. The van der Waals surface area contributed by atoms with E-state index in [1.54, 1.807) is 11.8 Å². The molecule has 0 unspecified atom stereocenters. The molecule has 0 spiro atoms. The Hall–Kier alpha value is -1.16. The molecule has 2 N–H and O–H groups in total. The van der Waals surface area contributed by atoms with Crippen molar-refractivity contribution >= 4 is 52.6 Å². The first-order valence-corrected chi connectivity index (χ1v) is 9.06. The number of carboxylic acid groups (broad SMARTS) is 2. The molecule has 7 nitrogen and oxygen atoms in total. The van der Waals surface area contributed by atoms with Crippen LogP contribution in [0.2, 0.25) is 0 Å². The van der Waals surface area contributed by atoms with Crippen LogP contribution in [-0.2, 0) is 9.59 Å². The Morgan fingerprint density at radius 1 is 1.39 bits per heavy atom. The fourth-order valence-corrected chi connectivity index (χ4v) is 3.70. The van der Waals surface area contributed by atoms with Gasteiger partial charge in [-0.15, -0.1) is 23.4 Å². The Morgan fingerprint density at radius 3 is 2.65 bits per heavy atom. The molecule has 10 heteroatoms. The summed E-state index contributed by atoms with van der Waals surface area (Å²) >= 11 is 8.76. The Balaban J connectivity index is 0.000000379. The maximum absolute atomic E-state index is 9.10. The number of hydrogen-bond acceptors (Lipinski definition) is 7. The fraction of sp³-hybridized carbons (Fsp3) is 0.538. The molecule has 128 valence electrons. The molecule has 0 amide bonds. The van der Waals surface area contributed by atoms with Gasteiger partial charge in [0.2, 0.25) is 0 Å². The van der Waals surface area contributed by atoms with Crippen molar-refractivity contribution in [2.45, 2.75) is 17.9 Å². The molecule has 23 heavy (non-hydrogen) atoms. The van der Waals surface area contributed by atoms with Gasteiger partial charge in [0.05, 0.1) is 11.7 Å². The highest BCUT2D eigenvalue weighted by molar-refractivity contribution is 7.99. The summed E-state index contributed by atoms with van der Waals surface area (Å²) in [6.45, 7) is 2.12. The Bertz CT molecular complexity index is 553. The smallest absolute Gasteiger partial charge is 0.414 e. The first kappa shape index (κ1) is 19.9. The van der Waals surface area contributed by atoms with E-state index in [1.165, 1.54) is 17.3 Å². The van der Waals surface area contributed by atoms with Gasteiger partial charge in [0.15, 0.2) is 0 Å². The first-order chi connectivity index (χ1) is 11.0. The monoisotopic (exact) mass is 379 g/mol. The fourth-order valence-electron chi connectivity index (χ4n) is 1.76. The molecule has 0 saturated carbocycles. The van der Waals surface area contributed by atoms with Crippen molar-refractivity contribution in [1.29, 1.82) is 0 Å². The minimum Gasteiger partial charge on any atom is -0.473 e. The Morgan fingerprint density at radius 2 is 2.09 bits per heavy atom. The number of likely N-dealkylation sites (N-methyl/N-ethyl adjacent to an activating group) is 1. The van der Waals surface area contributed by atoms with Crippen LogP contribution < -0.4 is 0 Å². The van der Waals surface area contributed by atoms with Crippen LogP contribution in [0.5, 0.6) is 0 Å². The van der Waals surface area contributed by atoms with Crippen LogP contribution >= 0.6 is 35.1 Å². The summed E-state index contributed by atoms with van der Waals surface area (Å²) < 4.78 is 8.81. The molecule has 1 aliphatic heterocycles. The van der Waals surface area contributed by atoms with E-state index in [2.05, 4.69) is 26.8 Å². The summed E-state index contributed by atoms with van der Waals surface area (Å²) in [6, 6.07) is 0. The third-order valence-corrected chi connectivity index (χ3v) is 4.77. The number of aliphatic carboxylic acids is 2. The van der Waals surface area contributed by atoms with E-state index in [-0.39, 0.29) is 0 Å². The molecule has 0 atom stereocenters. The zero-order valence-electron chi connectivity index (χ0n) is 12.6. The second-order valence-electron chi connectivity index (χ2n) is 4.68. The van der Waals surface area contributed by atoms with E-state index >= 15 is 0 Å². The van der Waals surface area contributed by atoms with Gasteiger partial charge in [0, 0.05) is 24.7 Å². The molecule has 0 aliphatic carbocycles. The third kappa shape index (κ3) is 7.30. The zero-order valence-corrected chi connectivity index (χ0v) is 15.0. The highest BCUT2D eigenvalue weighted by Gasteiger charge is 2.17. The summed E-state index contributed by atoms with van der Waals surface area (Å²) in [5, 5.41) is 15.9. The molecule has 0 radical (unpaired) electrons. The van der Waals surface area contributed by atoms with E-state index in [0.29, 0.717) is 5.88 Å². The number of carboxylic acids is 2. The Kier molecular flexibility index (Phi) is 9.15. The molecule has 0 saturated heterocycles. The van der Waals surface area contributed by atoms with Crippen molar-refractivity contribution in [3.05, 3.63) is 11.8 Å². The highest BCUT2D eigenvalue weighted by atomic mass is 35.5. The standard InChI is InChI=1S/C11H16ClN3S2.C2H2O4/c1-15-6-2-4-9(8-15)10-11(14-17-13-10)16-7-3-5-12;3-1(4)2(5)6/h4H,2-3,5-8H2,1H3;(H,3,4)(H,5,6). The number of hydrogen-bond donors (Lipinski definition) is 2. The van der Waals surface area contributed by atoms with Gasteiger partial charge in [-0.1, -0.05) is 6.08 Å². The lowest BCUT2D eigenvalue weighted by atomic mass is 10.1. The number of rotatable bonds is 5. The molecule has 1 aromatic heterocycles. The molecular weight excluding hydrogens is 362 g/mol. The summed E-state index contributed by atoms with van der Waals surface area (Å²) in [4.78, 5) is 20.5. The molecule has 0 aromatic carbocycles. The maximum Gasteiger partial charge on any atom is 0.414 e. The molecule has 0 fully saturated rings. The van der Waals surface area contributed by atoms with E-state index in [4.69, 9.17) is 31.4 Å². The molecular formula is C13H18ClN3O4S2. The number of nitrogens with zero attached hydrogens (tertiary/aromatic N) is 3. The average Bonchev–Trinajstić information content (AvgIpc) is 2.96. The number of alkyl halides is 1. The average molecular weight is 380 g/mol. The second kappa shape index (κ2) is 10.6. The summed E-state index contributed by atoms with van der Waals surface area (Å²) in [6.07, 6.45) is 4.42. The van der Waals surface area contributed by atoms with Crippen LogP contribution in [0, 0.1) is 0 Å². The van der Waals surface area contributed by atoms with E-state index in [0.717, 1.165) is 42.4 Å². The van der Waals surface area contributed by atoms with Gasteiger partial charge >= 0.3 is 11.9 Å². The minimum atomic E-state index is -1.82. The van der Waals surface area contributed by atoms with Crippen LogP contribution in [0.3, 0.4) is 0 Å². The van der Waals surface area contributed by atoms with Crippen LogP contribution in [0.1, 0.15) is 18.5 Å². The lowest BCUT2D eigenvalue weighted by molar-refractivity contribution is -0.159. The summed E-state index contributed by atoms with van der Waals surface area (Å²) in [7, 11) is 2.15. The molecule has 1 aromatic rings. The SMILES string of the molecule is CN1CCC=C(c2nsnc2SCCCCl)C1.O=C(O)C(=O)O. The van der Waals surface area contributed by atoms with Crippen molar-refractivity contribution in [2.24, 2.45) is 0 Å². The van der Waals surface area contributed by atoms with Crippen LogP contribution in [0.4, 0.5) is 0 Å². The second-order valence-corrected chi connectivity index (χ2v) is 6.67. The summed E-state index contributed by atoms with van der Waals surface area (Å²) in [5.41, 5.74) is 2.40. The van der Waals surface area contributed by atoms with Gasteiger partial charge in [-0.3, -0.25) is 0 Å². The van der Waals surface area contributed by atoms with E-state index in [9.17, 15) is 0 Å². The molecule has 0 bridgehead atoms. The van der Waals surface area contributed by atoms with Gasteiger partial charge < -0.3 is 15.1 Å². The predicted molar refractivity (Wildman–Crippen MR) is 91.3 cm³/mol. The third-order valence-electron chi connectivity index (χ3n) is 2.80. The van der Waals surface area contributed by atoms with Gasteiger partial charge in [0.25, 0.3) is 0 Å². The van der Waals surface area contributed by atoms with Crippen molar-refractivity contribution in [3.63, 3.8) is 0 Å². The molecule has 1 aliphatic rings. The maximum atomic E-state index is 9.10. The predicted octanol–water partition coefficient (Wildman–Crippen LogP) is 2.13. The van der Waals surface area contributed by atoms with Gasteiger partial charge in [0.1, 0.15) is 10.7 Å². The topological polar surface area (TPSA) is 104 Å². The first-order valence-electron chi connectivity index (χ1n) is 6.81. The lowest BCUT2D eigenvalue weighted by Crippen LogP contribution is -2.25. The van der Waals surface area contributed by atoms with Gasteiger partial charge in [-0.2, -0.15) is 8.75 Å². The quantitative estimate of drug-likeness (QED) is 0.347. The number of thioether (sulfide) groups is 1. The largest absolute Gasteiger partial charge is 0.473 e. The number of aromatic nitrogens is 2.